The lowest BCUT2D eigenvalue weighted by molar-refractivity contribution is -0.141. The Bertz CT molecular complexity index is 1510. The first-order chi connectivity index (χ1) is 15.5. The van der Waals surface area contributed by atoms with E-state index >= 15 is 0 Å². The third-order valence-electron chi connectivity index (χ3n) is 5.52. The van der Waals surface area contributed by atoms with E-state index in [1.807, 2.05) is 41.8 Å². The molecule has 3 aromatic heterocycles. The van der Waals surface area contributed by atoms with Crippen molar-refractivity contribution < 1.29 is 18.0 Å². The minimum atomic E-state index is -4.73. The van der Waals surface area contributed by atoms with Crippen LogP contribution in [0, 0.1) is 13.8 Å². The van der Waals surface area contributed by atoms with Crippen LogP contribution in [0.3, 0.4) is 0 Å². The van der Waals surface area contributed by atoms with Gasteiger partial charge >= 0.3 is 11.9 Å². The second-order valence-electron chi connectivity index (χ2n) is 7.68. The summed E-state index contributed by atoms with van der Waals surface area (Å²) >= 11 is 0. The van der Waals surface area contributed by atoms with Crippen LogP contribution in [0.4, 0.5) is 13.2 Å². The van der Waals surface area contributed by atoms with Crippen LogP contribution in [0.15, 0.2) is 58.1 Å². The summed E-state index contributed by atoms with van der Waals surface area (Å²) in [5.74, 6) is -0.469. The van der Waals surface area contributed by atoms with Crippen LogP contribution < -0.4 is 11.2 Å². The van der Waals surface area contributed by atoms with Gasteiger partial charge in [0, 0.05) is 29.7 Å². The molecule has 0 fully saturated rings. The summed E-state index contributed by atoms with van der Waals surface area (Å²) < 4.78 is 42.5. The molecule has 0 bridgehead atoms. The summed E-state index contributed by atoms with van der Waals surface area (Å²) in [4.78, 5) is 42.2. The molecule has 0 N–H and O–H groups in total. The predicted octanol–water partition coefficient (Wildman–Crippen LogP) is 3.40. The molecule has 0 atom stereocenters. The van der Waals surface area contributed by atoms with Gasteiger partial charge in [0.05, 0.1) is 11.9 Å². The van der Waals surface area contributed by atoms with Gasteiger partial charge in [0.15, 0.2) is 5.78 Å². The van der Waals surface area contributed by atoms with Gasteiger partial charge in [-0.15, -0.1) is 0 Å². The number of aryl methyl sites for hydroxylation is 2. The smallest absolute Gasteiger partial charge is 0.318 e. The summed E-state index contributed by atoms with van der Waals surface area (Å²) in [7, 11) is 1.21. The van der Waals surface area contributed by atoms with Crippen LogP contribution >= 0.6 is 0 Å². The van der Waals surface area contributed by atoms with E-state index in [0.29, 0.717) is 21.9 Å². The standard InChI is InChI=1S/C23H19F3N4O3/c1-13-11-17(14(2)30(13)15-7-5-4-6-8-15)18(31)12-29-21(32)16-9-10-19(23(24,25)26)27-20(16)28(3)22(29)33/h4-11H,12H2,1-3H3. The Balaban J connectivity index is 1.78. The molecule has 0 radical (unpaired) electrons. The van der Waals surface area contributed by atoms with Crippen molar-refractivity contribution in [2.45, 2.75) is 26.6 Å². The van der Waals surface area contributed by atoms with Crippen molar-refractivity contribution in [1.82, 2.24) is 18.7 Å². The van der Waals surface area contributed by atoms with Crippen molar-refractivity contribution in [3.05, 3.63) is 92.0 Å². The highest BCUT2D eigenvalue weighted by atomic mass is 19.4. The van der Waals surface area contributed by atoms with Gasteiger partial charge in [0.1, 0.15) is 11.3 Å². The molecule has 4 aromatic rings. The topological polar surface area (TPSA) is 78.9 Å². The highest BCUT2D eigenvalue weighted by Gasteiger charge is 2.33. The number of para-hydroxylation sites is 1. The molecular weight excluding hydrogens is 437 g/mol. The number of rotatable bonds is 4. The molecule has 33 heavy (non-hydrogen) atoms. The fraction of sp³-hybridized carbons (Fsp3) is 0.217. The SMILES string of the molecule is Cc1cc(C(=O)Cn2c(=O)c3ccc(C(F)(F)F)nc3n(C)c2=O)c(C)n1-c1ccccc1. The molecule has 0 aliphatic rings. The lowest BCUT2D eigenvalue weighted by atomic mass is 10.1. The number of pyridine rings is 1. The second kappa shape index (κ2) is 7.88. The van der Waals surface area contributed by atoms with Crippen molar-refractivity contribution in [1.29, 1.82) is 0 Å². The number of benzene rings is 1. The van der Waals surface area contributed by atoms with E-state index in [2.05, 4.69) is 4.98 Å². The zero-order valence-corrected chi connectivity index (χ0v) is 18.0. The summed E-state index contributed by atoms with van der Waals surface area (Å²) in [5.41, 5.74) is -0.773. The third-order valence-corrected chi connectivity index (χ3v) is 5.52. The molecule has 4 rings (SSSR count). The summed E-state index contributed by atoms with van der Waals surface area (Å²) in [6, 6.07) is 12.7. The maximum absolute atomic E-state index is 13.1. The Kier molecular flexibility index (Phi) is 5.31. The normalized spacial score (nSPS) is 11.8. The molecule has 3 heterocycles. The van der Waals surface area contributed by atoms with Crippen molar-refractivity contribution in [3.8, 4) is 5.69 Å². The van der Waals surface area contributed by atoms with E-state index in [0.717, 1.165) is 22.0 Å². The third kappa shape index (κ3) is 3.77. The lowest BCUT2D eigenvalue weighted by Gasteiger charge is -2.12. The van der Waals surface area contributed by atoms with Crippen LogP contribution in [0.25, 0.3) is 16.7 Å². The van der Waals surface area contributed by atoms with Gasteiger partial charge in [0.2, 0.25) is 0 Å². The maximum atomic E-state index is 13.1. The Morgan fingerprint density at radius 2 is 1.70 bits per heavy atom. The molecule has 0 spiro atoms. The highest BCUT2D eigenvalue weighted by Crippen LogP contribution is 2.28. The van der Waals surface area contributed by atoms with Gasteiger partial charge in [-0.3, -0.25) is 18.7 Å². The van der Waals surface area contributed by atoms with E-state index in [-0.39, 0.29) is 5.39 Å². The first-order valence-corrected chi connectivity index (χ1v) is 9.96. The van der Waals surface area contributed by atoms with E-state index in [1.165, 1.54) is 7.05 Å². The van der Waals surface area contributed by atoms with Gasteiger partial charge in [-0.1, -0.05) is 18.2 Å². The molecule has 0 aliphatic carbocycles. The fourth-order valence-corrected chi connectivity index (χ4v) is 3.92. The summed E-state index contributed by atoms with van der Waals surface area (Å²) in [6.07, 6.45) is -4.73. The van der Waals surface area contributed by atoms with Crippen LogP contribution in [0.1, 0.15) is 27.4 Å². The molecule has 7 nitrogen and oxygen atoms in total. The second-order valence-corrected chi connectivity index (χ2v) is 7.68. The molecule has 10 heteroatoms. The minimum Gasteiger partial charge on any atom is -0.318 e. The molecule has 0 saturated carbocycles. The Morgan fingerprint density at radius 3 is 2.33 bits per heavy atom. The number of aromatic nitrogens is 4. The zero-order chi connectivity index (χ0) is 24.1. The number of carbonyl (C=O) groups excluding carboxylic acids is 1. The largest absolute Gasteiger partial charge is 0.433 e. The monoisotopic (exact) mass is 456 g/mol. The average Bonchev–Trinajstić information content (AvgIpc) is 3.08. The lowest BCUT2D eigenvalue weighted by Crippen LogP contribution is -2.41. The minimum absolute atomic E-state index is 0.187. The number of hydrogen-bond donors (Lipinski definition) is 0. The van der Waals surface area contributed by atoms with Gasteiger partial charge in [-0.05, 0) is 44.2 Å². The van der Waals surface area contributed by atoms with Crippen molar-refractivity contribution in [3.63, 3.8) is 0 Å². The molecule has 1 aromatic carbocycles. The molecule has 170 valence electrons. The fourth-order valence-electron chi connectivity index (χ4n) is 3.92. The number of hydrogen-bond acceptors (Lipinski definition) is 4. The van der Waals surface area contributed by atoms with Crippen LogP contribution in [-0.2, 0) is 19.8 Å². The molecule has 0 aliphatic heterocycles. The molecule has 0 amide bonds. The molecule has 0 saturated heterocycles. The Labute approximate surface area is 185 Å². The number of Topliss-reactive ketones (excluding diaryl/α,β-unsaturated/α-hetero) is 1. The van der Waals surface area contributed by atoms with Crippen LogP contribution in [-0.4, -0.2) is 24.5 Å². The van der Waals surface area contributed by atoms with E-state index in [4.69, 9.17) is 0 Å². The van der Waals surface area contributed by atoms with Crippen molar-refractivity contribution >= 4 is 16.8 Å². The predicted molar refractivity (Wildman–Crippen MR) is 116 cm³/mol. The summed E-state index contributed by atoms with van der Waals surface area (Å²) in [5, 5.41) is -0.187. The van der Waals surface area contributed by atoms with Gasteiger partial charge in [0.25, 0.3) is 5.56 Å². The first-order valence-electron chi connectivity index (χ1n) is 9.96. The van der Waals surface area contributed by atoms with Crippen LogP contribution in [0.5, 0.6) is 0 Å². The quantitative estimate of drug-likeness (QED) is 0.441. The number of alkyl halides is 3. The number of nitrogens with zero attached hydrogens (tertiary/aromatic N) is 4. The number of halogens is 3. The highest BCUT2D eigenvalue weighted by molar-refractivity contribution is 5.97. The number of fused-ring (bicyclic) bond motifs is 1. The van der Waals surface area contributed by atoms with Crippen LogP contribution in [0.2, 0.25) is 0 Å². The number of ketones is 1. The Morgan fingerprint density at radius 1 is 1.03 bits per heavy atom. The van der Waals surface area contributed by atoms with Gasteiger partial charge in [-0.2, -0.15) is 13.2 Å². The maximum Gasteiger partial charge on any atom is 0.433 e. The first kappa shape index (κ1) is 22.3. The number of carbonyl (C=O) groups is 1. The van der Waals surface area contributed by atoms with E-state index in [9.17, 15) is 27.6 Å². The zero-order valence-electron chi connectivity index (χ0n) is 18.0. The van der Waals surface area contributed by atoms with Crippen molar-refractivity contribution in [2.24, 2.45) is 7.05 Å². The van der Waals surface area contributed by atoms with Crippen molar-refractivity contribution in [2.75, 3.05) is 0 Å². The van der Waals surface area contributed by atoms with Gasteiger partial charge < -0.3 is 4.57 Å². The molecule has 0 unspecified atom stereocenters. The Hall–Kier alpha value is -3.95. The molecular formula is C23H19F3N4O3. The average molecular weight is 456 g/mol. The van der Waals surface area contributed by atoms with E-state index < -0.39 is 41.1 Å². The van der Waals surface area contributed by atoms with Gasteiger partial charge in [-0.25, -0.2) is 9.78 Å². The van der Waals surface area contributed by atoms with E-state index in [1.54, 1.807) is 13.0 Å². The summed E-state index contributed by atoms with van der Waals surface area (Å²) in [6.45, 7) is 3.04.